The van der Waals surface area contributed by atoms with Gasteiger partial charge in [0.25, 0.3) is 10.0 Å². The summed E-state index contributed by atoms with van der Waals surface area (Å²) >= 11 is 0. The van der Waals surface area contributed by atoms with Crippen LogP contribution in [0.3, 0.4) is 0 Å². The highest BCUT2D eigenvalue weighted by atomic mass is 32.2. The Morgan fingerprint density at radius 1 is 1.50 bits per heavy atom. The number of nitrogens with zero attached hydrogens (tertiary/aromatic N) is 1. The van der Waals surface area contributed by atoms with Gasteiger partial charge in [-0.25, -0.2) is 13.4 Å². The molecule has 0 saturated carbocycles. The number of nitrogens with one attached hydrogen (secondary N) is 1. The van der Waals surface area contributed by atoms with E-state index in [1.165, 1.54) is 19.4 Å². The third-order valence-electron chi connectivity index (χ3n) is 1.11. The van der Waals surface area contributed by atoms with E-state index in [0.717, 1.165) is 0 Å². The maximum atomic E-state index is 11.1. The van der Waals surface area contributed by atoms with Gasteiger partial charge in [0.1, 0.15) is 0 Å². The highest BCUT2D eigenvalue weighted by Gasteiger charge is 2.13. The summed E-state index contributed by atoms with van der Waals surface area (Å²) in [5.74, 6) is 0. The fraction of sp³-hybridized carbons (Fsp3) is 0.167. The van der Waals surface area contributed by atoms with E-state index in [1.54, 1.807) is 12.1 Å². The number of hydrogen-bond donors (Lipinski definition) is 1. The summed E-state index contributed by atoms with van der Waals surface area (Å²) < 4.78 is 22.3. The topological polar surface area (TPSA) is 68.3 Å². The van der Waals surface area contributed by atoms with Gasteiger partial charge in [-0.3, -0.25) is 4.84 Å². The Balaban J connectivity index is 2.99. The van der Waals surface area contributed by atoms with Crippen LogP contribution in [0.4, 0.5) is 0 Å². The third-order valence-corrected chi connectivity index (χ3v) is 2.28. The van der Waals surface area contributed by atoms with Gasteiger partial charge in [-0.1, -0.05) is 11.0 Å². The molecule has 12 heavy (non-hydrogen) atoms. The number of hydrogen-bond acceptors (Lipinski definition) is 4. The first kappa shape index (κ1) is 9.11. The first-order valence-corrected chi connectivity index (χ1v) is 4.61. The van der Waals surface area contributed by atoms with Crippen molar-refractivity contribution in [2.75, 3.05) is 7.11 Å². The molecule has 1 aromatic heterocycles. The molecule has 0 aliphatic heterocycles. The van der Waals surface area contributed by atoms with Crippen molar-refractivity contribution in [3.8, 4) is 0 Å². The average molecular weight is 188 g/mol. The fourth-order valence-corrected chi connectivity index (χ4v) is 1.42. The number of sulfonamides is 1. The van der Waals surface area contributed by atoms with Gasteiger partial charge in [-0.2, -0.15) is 0 Å². The van der Waals surface area contributed by atoms with Gasteiger partial charge in [0.05, 0.1) is 7.11 Å². The van der Waals surface area contributed by atoms with E-state index < -0.39 is 10.0 Å². The van der Waals surface area contributed by atoms with Crippen molar-refractivity contribution in [3.05, 3.63) is 24.4 Å². The molecule has 5 nitrogen and oxygen atoms in total. The van der Waals surface area contributed by atoms with Gasteiger partial charge in [-0.05, 0) is 12.1 Å². The van der Waals surface area contributed by atoms with Crippen LogP contribution in [0.25, 0.3) is 0 Å². The summed E-state index contributed by atoms with van der Waals surface area (Å²) in [5, 5.41) is -0.0631. The lowest BCUT2D eigenvalue weighted by Crippen LogP contribution is -2.23. The summed E-state index contributed by atoms with van der Waals surface area (Å²) in [6, 6.07) is 4.59. The van der Waals surface area contributed by atoms with Gasteiger partial charge in [0, 0.05) is 6.20 Å². The third kappa shape index (κ3) is 2.00. The van der Waals surface area contributed by atoms with E-state index >= 15 is 0 Å². The molecule has 0 spiro atoms. The second-order valence-corrected chi connectivity index (χ2v) is 3.55. The quantitative estimate of drug-likeness (QED) is 0.674. The zero-order chi connectivity index (χ0) is 9.03. The molecule has 1 N–H and O–H groups in total. The molecule has 0 bridgehead atoms. The zero-order valence-electron chi connectivity index (χ0n) is 6.39. The Morgan fingerprint density at radius 2 is 2.25 bits per heavy atom. The molecule has 0 atom stereocenters. The molecular weight excluding hydrogens is 180 g/mol. The van der Waals surface area contributed by atoms with Gasteiger partial charge in [0.2, 0.25) is 0 Å². The number of pyridine rings is 1. The summed E-state index contributed by atoms with van der Waals surface area (Å²) in [6.45, 7) is 0. The van der Waals surface area contributed by atoms with E-state index in [4.69, 9.17) is 0 Å². The molecule has 0 unspecified atom stereocenters. The van der Waals surface area contributed by atoms with Crippen molar-refractivity contribution in [2.24, 2.45) is 0 Å². The molecule has 66 valence electrons. The molecule has 1 rings (SSSR count). The van der Waals surface area contributed by atoms with E-state index in [0.29, 0.717) is 0 Å². The van der Waals surface area contributed by atoms with Gasteiger partial charge >= 0.3 is 0 Å². The fourth-order valence-electron chi connectivity index (χ4n) is 0.658. The molecule has 0 aromatic carbocycles. The molecule has 6 heteroatoms. The Hall–Kier alpha value is -0.980. The normalized spacial score (nSPS) is 11.4. The number of aromatic nitrogens is 1. The Kier molecular flexibility index (Phi) is 2.74. The van der Waals surface area contributed by atoms with Crippen LogP contribution in [-0.4, -0.2) is 20.5 Å². The molecule has 0 saturated heterocycles. The number of rotatable bonds is 3. The SMILES string of the molecule is CONS(=O)(=O)c1ccccn1. The lowest BCUT2D eigenvalue weighted by atomic mass is 10.5. The minimum Gasteiger partial charge on any atom is -0.290 e. The van der Waals surface area contributed by atoms with Crippen LogP contribution in [0.2, 0.25) is 0 Å². The molecule has 0 fully saturated rings. The Bertz CT molecular complexity index is 335. The van der Waals surface area contributed by atoms with Crippen LogP contribution >= 0.6 is 0 Å². The Morgan fingerprint density at radius 3 is 2.75 bits per heavy atom. The van der Waals surface area contributed by atoms with Crippen molar-refractivity contribution < 1.29 is 13.3 Å². The van der Waals surface area contributed by atoms with Crippen molar-refractivity contribution >= 4 is 10.0 Å². The second kappa shape index (κ2) is 3.61. The maximum Gasteiger partial charge on any atom is 0.279 e. The van der Waals surface area contributed by atoms with Crippen molar-refractivity contribution in [3.63, 3.8) is 0 Å². The van der Waals surface area contributed by atoms with Crippen LogP contribution < -0.4 is 4.89 Å². The smallest absolute Gasteiger partial charge is 0.279 e. The van der Waals surface area contributed by atoms with Gasteiger partial charge in [0.15, 0.2) is 5.03 Å². The Labute approximate surface area is 70.4 Å². The monoisotopic (exact) mass is 188 g/mol. The first-order chi connectivity index (χ1) is 5.67. The predicted octanol–water partition coefficient (Wildman–Crippen LogP) is -0.0787. The minimum absolute atomic E-state index is 0.0631. The van der Waals surface area contributed by atoms with Crippen LogP contribution in [-0.2, 0) is 14.9 Å². The highest BCUT2D eigenvalue weighted by molar-refractivity contribution is 7.89. The van der Waals surface area contributed by atoms with Crippen LogP contribution in [0.5, 0.6) is 0 Å². The zero-order valence-corrected chi connectivity index (χ0v) is 7.21. The van der Waals surface area contributed by atoms with Crippen molar-refractivity contribution in [2.45, 2.75) is 5.03 Å². The van der Waals surface area contributed by atoms with E-state index in [9.17, 15) is 8.42 Å². The lowest BCUT2D eigenvalue weighted by molar-refractivity contribution is 0.153. The second-order valence-electron chi connectivity index (χ2n) is 1.96. The highest BCUT2D eigenvalue weighted by Crippen LogP contribution is 2.01. The molecule has 1 heterocycles. The summed E-state index contributed by atoms with van der Waals surface area (Å²) in [6.07, 6.45) is 1.39. The van der Waals surface area contributed by atoms with Crippen molar-refractivity contribution in [1.82, 2.24) is 9.87 Å². The summed E-state index contributed by atoms with van der Waals surface area (Å²) in [7, 11) is -2.37. The van der Waals surface area contributed by atoms with E-state index in [1.807, 2.05) is 4.89 Å². The molecule has 0 aliphatic rings. The molecule has 0 amide bonds. The largest absolute Gasteiger partial charge is 0.290 e. The molecular formula is C6H8N2O3S. The maximum absolute atomic E-state index is 11.1. The predicted molar refractivity (Wildman–Crippen MR) is 41.6 cm³/mol. The summed E-state index contributed by atoms with van der Waals surface area (Å²) in [4.78, 5) is 9.77. The molecule has 1 aromatic rings. The van der Waals surface area contributed by atoms with Crippen LogP contribution in [0.1, 0.15) is 0 Å². The van der Waals surface area contributed by atoms with E-state index in [-0.39, 0.29) is 5.03 Å². The lowest BCUT2D eigenvalue weighted by Gasteiger charge is -2.01. The summed E-state index contributed by atoms with van der Waals surface area (Å²) in [5.41, 5.74) is 0. The molecule has 0 aliphatic carbocycles. The van der Waals surface area contributed by atoms with E-state index in [2.05, 4.69) is 9.82 Å². The average Bonchev–Trinajstić information content (AvgIpc) is 2.06. The minimum atomic E-state index is -3.59. The van der Waals surface area contributed by atoms with Crippen LogP contribution in [0.15, 0.2) is 29.4 Å². The van der Waals surface area contributed by atoms with Gasteiger partial charge < -0.3 is 0 Å². The molecule has 0 radical (unpaired) electrons. The van der Waals surface area contributed by atoms with Crippen molar-refractivity contribution in [1.29, 1.82) is 0 Å². The standard InChI is InChI=1S/C6H8N2O3S/c1-11-8-12(9,10)6-4-2-3-5-7-6/h2-5,8H,1H3. The van der Waals surface area contributed by atoms with Crippen LogP contribution in [0, 0.1) is 0 Å². The van der Waals surface area contributed by atoms with Gasteiger partial charge in [-0.15, -0.1) is 0 Å². The first-order valence-electron chi connectivity index (χ1n) is 3.12.